The van der Waals surface area contributed by atoms with Crippen molar-refractivity contribution in [3.63, 3.8) is 0 Å². The molecule has 132 valence electrons. The number of halogens is 2. The van der Waals surface area contributed by atoms with E-state index in [0.29, 0.717) is 35.2 Å². The first kappa shape index (κ1) is 19.0. The molecule has 0 bridgehead atoms. The minimum atomic E-state index is -0.0915. The van der Waals surface area contributed by atoms with Crippen LogP contribution in [0.2, 0.25) is 10.0 Å². The molecule has 0 aliphatic carbocycles. The Labute approximate surface area is 152 Å². The number of hydrazone groups is 1. The number of carbonyl (C=O) groups excluding carboxylic acids is 1. The van der Waals surface area contributed by atoms with Gasteiger partial charge >= 0.3 is 0 Å². The van der Waals surface area contributed by atoms with Crippen molar-refractivity contribution in [2.45, 2.75) is 32.6 Å². The number of benzene rings is 1. The molecule has 1 saturated heterocycles. The molecule has 0 unspecified atom stereocenters. The average molecular weight is 372 g/mol. The SMILES string of the molecule is CCN1CCC(=NNC(=O)CCCOc2ccc(Cl)cc2Cl)CC1. The molecule has 1 aliphatic heterocycles. The number of piperidine rings is 1. The maximum absolute atomic E-state index is 11.8. The Balaban J connectivity index is 1.63. The van der Waals surface area contributed by atoms with E-state index >= 15 is 0 Å². The van der Waals surface area contributed by atoms with Gasteiger partial charge in [-0.3, -0.25) is 4.79 Å². The Morgan fingerprint density at radius 3 is 2.75 bits per heavy atom. The highest BCUT2D eigenvalue weighted by molar-refractivity contribution is 6.35. The number of nitrogens with zero attached hydrogens (tertiary/aromatic N) is 2. The molecule has 1 heterocycles. The third kappa shape index (κ3) is 6.30. The standard InChI is InChI=1S/C17H23Cl2N3O2/c1-2-22-9-7-14(8-10-22)20-21-17(23)4-3-11-24-16-6-5-13(18)12-15(16)19/h5-6,12H,2-4,7-11H2,1H3,(H,21,23). The van der Waals surface area contributed by atoms with E-state index in [1.165, 1.54) is 0 Å². The predicted molar refractivity (Wildman–Crippen MR) is 98.1 cm³/mol. The lowest BCUT2D eigenvalue weighted by Gasteiger charge is -2.25. The Morgan fingerprint density at radius 2 is 2.08 bits per heavy atom. The summed E-state index contributed by atoms with van der Waals surface area (Å²) in [4.78, 5) is 14.2. The third-order valence-electron chi connectivity index (χ3n) is 3.92. The molecule has 0 spiro atoms. The lowest BCUT2D eigenvalue weighted by atomic mass is 10.1. The number of hydrogen-bond donors (Lipinski definition) is 1. The average Bonchev–Trinajstić information content (AvgIpc) is 2.59. The van der Waals surface area contributed by atoms with Crippen LogP contribution in [0.25, 0.3) is 0 Å². The lowest BCUT2D eigenvalue weighted by molar-refractivity contribution is -0.121. The van der Waals surface area contributed by atoms with Crippen molar-refractivity contribution in [3.05, 3.63) is 28.2 Å². The number of amides is 1. The number of rotatable bonds is 7. The van der Waals surface area contributed by atoms with Gasteiger partial charge in [-0.15, -0.1) is 0 Å². The zero-order valence-corrected chi connectivity index (χ0v) is 15.4. The Hall–Kier alpha value is -1.30. The van der Waals surface area contributed by atoms with E-state index in [2.05, 4.69) is 22.4 Å². The van der Waals surface area contributed by atoms with Crippen LogP contribution in [0.4, 0.5) is 0 Å². The fourth-order valence-electron chi connectivity index (χ4n) is 2.44. The van der Waals surface area contributed by atoms with Crippen LogP contribution in [0.5, 0.6) is 5.75 Å². The van der Waals surface area contributed by atoms with Gasteiger partial charge in [0.15, 0.2) is 0 Å². The molecule has 1 N–H and O–H groups in total. The molecule has 1 aliphatic rings. The van der Waals surface area contributed by atoms with Crippen molar-refractivity contribution in [1.82, 2.24) is 10.3 Å². The van der Waals surface area contributed by atoms with E-state index in [-0.39, 0.29) is 5.91 Å². The summed E-state index contributed by atoms with van der Waals surface area (Å²) < 4.78 is 5.55. The molecule has 5 nitrogen and oxygen atoms in total. The van der Waals surface area contributed by atoms with Gasteiger partial charge in [0.1, 0.15) is 5.75 Å². The second-order valence-corrected chi connectivity index (χ2v) is 6.52. The van der Waals surface area contributed by atoms with E-state index in [1.807, 2.05) is 0 Å². The van der Waals surface area contributed by atoms with Crippen molar-refractivity contribution in [1.29, 1.82) is 0 Å². The molecule has 0 aromatic heterocycles. The van der Waals surface area contributed by atoms with Crippen LogP contribution < -0.4 is 10.2 Å². The lowest BCUT2D eigenvalue weighted by Crippen LogP contribution is -2.34. The minimum absolute atomic E-state index is 0.0915. The van der Waals surface area contributed by atoms with Crippen molar-refractivity contribution < 1.29 is 9.53 Å². The van der Waals surface area contributed by atoms with Gasteiger partial charge in [0, 0.05) is 43.1 Å². The van der Waals surface area contributed by atoms with Crippen molar-refractivity contribution in [3.8, 4) is 5.75 Å². The summed E-state index contributed by atoms with van der Waals surface area (Å²) in [5.41, 5.74) is 3.70. The number of hydrogen-bond acceptors (Lipinski definition) is 4. The molecule has 0 atom stereocenters. The zero-order valence-electron chi connectivity index (χ0n) is 13.9. The van der Waals surface area contributed by atoms with Gasteiger partial charge in [-0.1, -0.05) is 30.1 Å². The summed E-state index contributed by atoms with van der Waals surface area (Å²) in [5.74, 6) is 0.482. The molecule has 1 amide bonds. The molecule has 1 aromatic carbocycles. The number of likely N-dealkylation sites (tertiary alicyclic amines) is 1. The second kappa shape index (κ2) is 9.87. The maximum atomic E-state index is 11.8. The van der Waals surface area contributed by atoms with Gasteiger partial charge < -0.3 is 9.64 Å². The number of carbonyl (C=O) groups is 1. The highest BCUT2D eigenvalue weighted by atomic mass is 35.5. The molecule has 2 rings (SSSR count). The van der Waals surface area contributed by atoms with Crippen LogP contribution in [0.3, 0.4) is 0 Å². The molecular formula is C17H23Cl2N3O2. The molecule has 0 radical (unpaired) electrons. The number of ether oxygens (including phenoxy) is 1. The molecule has 7 heteroatoms. The van der Waals surface area contributed by atoms with Crippen molar-refractivity contribution in [2.75, 3.05) is 26.2 Å². The molecule has 24 heavy (non-hydrogen) atoms. The molecular weight excluding hydrogens is 349 g/mol. The first-order valence-electron chi connectivity index (χ1n) is 8.23. The Bertz CT molecular complexity index is 583. The quantitative estimate of drug-likeness (QED) is 0.586. The third-order valence-corrected chi connectivity index (χ3v) is 4.45. The maximum Gasteiger partial charge on any atom is 0.240 e. The van der Waals surface area contributed by atoms with Crippen LogP contribution >= 0.6 is 23.2 Å². The summed E-state index contributed by atoms with van der Waals surface area (Å²) >= 11 is 11.8. The van der Waals surface area contributed by atoms with Gasteiger partial charge in [0.25, 0.3) is 0 Å². The summed E-state index contributed by atoms with van der Waals surface area (Å²) in [5, 5.41) is 5.26. The van der Waals surface area contributed by atoms with Crippen LogP contribution in [0.15, 0.2) is 23.3 Å². The summed E-state index contributed by atoms with van der Waals surface area (Å²) in [6.45, 7) is 5.67. The van der Waals surface area contributed by atoms with Crippen molar-refractivity contribution in [2.24, 2.45) is 5.10 Å². The monoisotopic (exact) mass is 371 g/mol. The van der Waals surface area contributed by atoms with E-state index in [9.17, 15) is 4.79 Å². The summed E-state index contributed by atoms with van der Waals surface area (Å²) in [6, 6.07) is 5.07. The van der Waals surface area contributed by atoms with Crippen molar-refractivity contribution >= 4 is 34.8 Å². The van der Waals surface area contributed by atoms with Crippen LogP contribution in [0.1, 0.15) is 32.6 Å². The second-order valence-electron chi connectivity index (χ2n) is 5.67. The Morgan fingerprint density at radius 1 is 1.33 bits per heavy atom. The van der Waals surface area contributed by atoms with Gasteiger partial charge in [0.05, 0.1) is 11.6 Å². The van der Waals surface area contributed by atoms with Crippen LogP contribution in [-0.4, -0.2) is 42.8 Å². The van der Waals surface area contributed by atoms with E-state index in [4.69, 9.17) is 27.9 Å². The van der Waals surface area contributed by atoms with E-state index in [0.717, 1.165) is 38.2 Å². The normalized spacial score (nSPS) is 15.2. The largest absolute Gasteiger partial charge is 0.492 e. The Kier molecular flexibility index (Phi) is 7.82. The minimum Gasteiger partial charge on any atom is -0.492 e. The fraction of sp³-hybridized carbons (Fsp3) is 0.529. The summed E-state index contributed by atoms with van der Waals surface area (Å²) in [7, 11) is 0. The van der Waals surface area contributed by atoms with E-state index < -0.39 is 0 Å². The molecule has 1 fully saturated rings. The highest BCUT2D eigenvalue weighted by Crippen LogP contribution is 2.27. The van der Waals surface area contributed by atoms with Gasteiger partial charge in [-0.25, -0.2) is 5.43 Å². The topological polar surface area (TPSA) is 53.9 Å². The highest BCUT2D eigenvalue weighted by Gasteiger charge is 2.13. The fourth-order valence-corrected chi connectivity index (χ4v) is 2.91. The van der Waals surface area contributed by atoms with Gasteiger partial charge in [0.2, 0.25) is 5.91 Å². The van der Waals surface area contributed by atoms with Gasteiger partial charge in [-0.2, -0.15) is 5.10 Å². The molecule has 1 aromatic rings. The smallest absolute Gasteiger partial charge is 0.240 e. The van der Waals surface area contributed by atoms with E-state index in [1.54, 1.807) is 18.2 Å². The van der Waals surface area contributed by atoms with Crippen LogP contribution in [-0.2, 0) is 4.79 Å². The first-order chi connectivity index (χ1) is 11.6. The zero-order chi connectivity index (χ0) is 17.4. The van der Waals surface area contributed by atoms with Gasteiger partial charge in [-0.05, 0) is 31.2 Å². The summed E-state index contributed by atoms with van der Waals surface area (Å²) in [6.07, 6.45) is 2.81. The van der Waals surface area contributed by atoms with Crippen LogP contribution in [0, 0.1) is 0 Å². The molecule has 0 saturated carbocycles. The first-order valence-corrected chi connectivity index (χ1v) is 8.98. The predicted octanol–water partition coefficient (Wildman–Crippen LogP) is 3.74. The number of nitrogens with one attached hydrogen (secondary N) is 1.